The molecule has 0 saturated heterocycles. The Morgan fingerprint density at radius 1 is 1.14 bits per heavy atom. The molecule has 0 aliphatic carbocycles. The maximum Gasteiger partial charge on any atom is 0.123 e. The molecular weight excluding hydrogens is 341 g/mol. The van der Waals surface area contributed by atoms with E-state index in [1.54, 1.807) is 12.1 Å². The molecule has 0 unspecified atom stereocenters. The summed E-state index contributed by atoms with van der Waals surface area (Å²) < 4.78 is 14.3. The van der Waals surface area contributed by atoms with Crippen molar-refractivity contribution in [1.82, 2.24) is 4.98 Å². The van der Waals surface area contributed by atoms with E-state index in [2.05, 4.69) is 27.5 Å². The van der Waals surface area contributed by atoms with E-state index in [0.29, 0.717) is 0 Å². The third-order valence-corrected chi connectivity index (χ3v) is 4.18. The first-order chi connectivity index (χ1) is 10.5. The second-order valence-electron chi connectivity index (χ2n) is 5.40. The van der Waals surface area contributed by atoms with E-state index in [-0.39, 0.29) is 5.82 Å². The van der Waals surface area contributed by atoms with Gasteiger partial charge in [-0.1, -0.05) is 34.6 Å². The lowest BCUT2D eigenvalue weighted by Gasteiger charge is -2.16. The van der Waals surface area contributed by atoms with Gasteiger partial charge in [-0.3, -0.25) is 4.98 Å². The molecule has 0 radical (unpaired) electrons. The molecule has 3 rings (SSSR count). The normalized spacial score (nSPS) is 10.9. The summed E-state index contributed by atoms with van der Waals surface area (Å²) in [5.41, 5.74) is 5.85. The Morgan fingerprint density at radius 3 is 2.45 bits per heavy atom. The fourth-order valence-electron chi connectivity index (χ4n) is 2.80. The van der Waals surface area contributed by atoms with E-state index in [9.17, 15) is 4.39 Å². The number of fused-ring (bicyclic) bond motifs is 1. The van der Waals surface area contributed by atoms with Crippen molar-refractivity contribution in [3.63, 3.8) is 0 Å². The highest BCUT2D eigenvalue weighted by Crippen LogP contribution is 2.37. The number of hydrogen-bond donors (Lipinski definition) is 0. The summed E-state index contributed by atoms with van der Waals surface area (Å²) in [6.45, 7) is 8.05. The minimum absolute atomic E-state index is 0.239. The number of allylic oxidation sites excluding steroid dienone is 1. The van der Waals surface area contributed by atoms with Gasteiger partial charge in [0.25, 0.3) is 0 Å². The van der Waals surface area contributed by atoms with E-state index in [1.807, 2.05) is 32.0 Å². The first-order valence-electron chi connectivity index (χ1n) is 6.99. The zero-order valence-electron chi connectivity index (χ0n) is 12.5. The van der Waals surface area contributed by atoms with Gasteiger partial charge in [-0.05, 0) is 55.3 Å². The van der Waals surface area contributed by atoms with E-state index < -0.39 is 0 Å². The van der Waals surface area contributed by atoms with Gasteiger partial charge in [-0.15, -0.1) is 0 Å². The number of aryl methyl sites for hydroxylation is 1. The van der Waals surface area contributed by atoms with Gasteiger partial charge in [0.05, 0.1) is 5.52 Å². The average Bonchev–Trinajstić information content (AvgIpc) is 2.47. The summed E-state index contributed by atoms with van der Waals surface area (Å²) in [5.74, 6) is -0.239. The number of halogens is 2. The Balaban J connectivity index is 2.47. The van der Waals surface area contributed by atoms with Crippen LogP contribution in [-0.4, -0.2) is 4.98 Å². The molecule has 0 aliphatic rings. The van der Waals surface area contributed by atoms with E-state index in [4.69, 9.17) is 0 Å². The summed E-state index contributed by atoms with van der Waals surface area (Å²) in [6.07, 6.45) is 0. The van der Waals surface area contributed by atoms with Crippen molar-refractivity contribution in [1.29, 1.82) is 0 Å². The van der Waals surface area contributed by atoms with Crippen molar-refractivity contribution in [2.45, 2.75) is 13.8 Å². The van der Waals surface area contributed by atoms with Gasteiger partial charge in [0.15, 0.2) is 0 Å². The summed E-state index contributed by atoms with van der Waals surface area (Å²) in [6, 6.07) is 12.6. The van der Waals surface area contributed by atoms with Crippen LogP contribution in [0.4, 0.5) is 4.39 Å². The summed E-state index contributed by atoms with van der Waals surface area (Å²) in [7, 11) is 0. The Kier molecular flexibility index (Phi) is 3.83. The molecule has 0 N–H and O–H groups in total. The number of rotatable bonds is 2. The lowest BCUT2D eigenvalue weighted by Crippen LogP contribution is -1.97. The molecule has 110 valence electrons. The molecule has 3 aromatic rings. The highest BCUT2D eigenvalue weighted by molar-refractivity contribution is 9.10. The van der Waals surface area contributed by atoms with E-state index in [1.165, 1.54) is 12.1 Å². The molecule has 22 heavy (non-hydrogen) atoms. The summed E-state index contributed by atoms with van der Waals surface area (Å²) in [5, 5.41) is 1.03. The molecule has 0 bridgehead atoms. The van der Waals surface area contributed by atoms with Crippen LogP contribution < -0.4 is 0 Å². The van der Waals surface area contributed by atoms with Gasteiger partial charge in [-0.25, -0.2) is 4.39 Å². The molecule has 0 saturated carbocycles. The molecule has 0 atom stereocenters. The Labute approximate surface area is 137 Å². The molecule has 2 aromatic carbocycles. The van der Waals surface area contributed by atoms with Crippen molar-refractivity contribution >= 4 is 32.4 Å². The van der Waals surface area contributed by atoms with Gasteiger partial charge in [0.1, 0.15) is 5.82 Å². The van der Waals surface area contributed by atoms with Crippen molar-refractivity contribution in [2.75, 3.05) is 0 Å². The predicted octanol–water partition coefficient (Wildman–Crippen LogP) is 6.14. The monoisotopic (exact) mass is 355 g/mol. The molecule has 0 spiro atoms. The highest BCUT2D eigenvalue weighted by atomic mass is 79.9. The number of benzene rings is 2. The molecule has 1 heterocycles. The largest absolute Gasteiger partial charge is 0.252 e. The second-order valence-corrected chi connectivity index (χ2v) is 6.31. The van der Waals surface area contributed by atoms with Crippen molar-refractivity contribution < 1.29 is 4.39 Å². The zero-order chi connectivity index (χ0) is 15.9. The molecular formula is C19H15BrFN. The van der Waals surface area contributed by atoms with Crippen LogP contribution in [0, 0.1) is 12.7 Å². The predicted molar refractivity (Wildman–Crippen MR) is 94.3 cm³/mol. The number of nitrogens with zero attached hydrogens (tertiary/aromatic N) is 1. The van der Waals surface area contributed by atoms with Gasteiger partial charge in [0, 0.05) is 26.7 Å². The molecule has 0 amide bonds. The highest BCUT2D eigenvalue weighted by Gasteiger charge is 2.15. The minimum atomic E-state index is -0.239. The van der Waals surface area contributed by atoms with Gasteiger partial charge >= 0.3 is 0 Å². The standard InChI is InChI=1S/C19H15BrFN/c1-11(2)18-12(3)22-17-9-6-14(20)10-16(17)19(18)13-4-7-15(21)8-5-13/h4-10H,1H2,2-3H3. The van der Waals surface area contributed by atoms with Crippen LogP contribution in [0.5, 0.6) is 0 Å². The number of pyridine rings is 1. The van der Waals surface area contributed by atoms with E-state index >= 15 is 0 Å². The summed E-state index contributed by atoms with van der Waals surface area (Å²) >= 11 is 3.52. The van der Waals surface area contributed by atoms with Gasteiger partial charge < -0.3 is 0 Å². The second kappa shape index (κ2) is 5.65. The van der Waals surface area contributed by atoms with E-state index in [0.717, 1.165) is 43.3 Å². The molecule has 1 aromatic heterocycles. The topological polar surface area (TPSA) is 12.9 Å². The lowest BCUT2D eigenvalue weighted by molar-refractivity contribution is 0.628. The molecule has 0 aliphatic heterocycles. The Morgan fingerprint density at radius 2 is 1.82 bits per heavy atom. The van der Waals surface area contributed by atoms with Crippen LogP contribution in [0.2, 0.25) is 0 Å². The molecule has 3 heteroatoms. The zero-order valence-corrected chi connectivity index (χ0v) is 14.0. The third kappa shape index (κ3) is 2.57. The lowest BCUT2D eigenvalue weighted by atomic mass is 9.91. The first-order valence-corrected chi connectivity index (χ1v) is 7.78. The first kappa shape index (κ1) is 14.9. The van der Waals surface area contributed by atoms with Crippen LogP contribution in [0.1, 0.15) is 18.2 Å². The van der Waals surface area contributed by atoms with Crippen molar-refractivity contribution in [3.05, 3.63) is 70.6 Å². The Bertz CT molecular complexity index is 882. The van der Waals surface area contributed by atoms with Crippen molar-refractivity contribution in [3.8, 4) is 11.1 Å². The summed E-state index contributed by atoms with van der Waals surface area (Å²) in [4.78, 5) is 4.69. The van der Waals surface area contributed by atoms with Gasteiger partial charge in [0.2, 0.25) is 0 Å². The maximum atomic E-state index is 13.3. The maximum absolute atomic E-state index is 13.3. The molecule has 0 fully saturated rings. The van der Waals surface area contributed by atoms with Crippen LogP contribution in [-0.2, 0) is 0 Å². The van der Waals surface area contributed by atoms with Crippen molar-refractivity contribution in [2.24, 2.45) is 0 Å². The van der Waals surface area contributed by atoms with Crippen LogP contribution in [0.3, 0.4) is 0 Å². The SMILES string of the molecule is C=C(C)c1c(C)nc2ccc(Br)cc2c1-c1ccc(F)cc1. The minimum Gasteiger partial charge on any atom is -0.252 e. The average molecular weight is 356 g/mol. The van der Waals surface area contributed by atoms with Crippen LogP contribution in [0.15, 0.2) is 53.5 Å². The fraction of sp³-hybridized carbons (Fsp3) is 0.105. The van der Waals surface area contributed by atoms with Gasteiger partial charge in [-0.2, -0.15) is 0 Å². The third-order valence-electron chi connectivity index (χ3n) is 3.69. The quantitative estimate of drug-likeness (QED) is 0.537. The number of aromatic nitrogens is 1. The van der Waals surface area contributed by atoms with Crippen LogP contribution >= 0.6 is 15.9 Å². The van der Waals surface area contributed by atoms with Crippen LogP contribution in [0.25, 0.3) is 27.6 Å². The Hall–Kier alpha value is -2.00. The number of hydrogen-bond acceptors (Lipinski definition) is 1. The smallest absolute Gasteiger partial charge is 0.123 e. The fourth-order valence-corrected chi connectivity index (χ4v) is 3.16. The molecule has 1 nitrogen and oxygen atoms in total.